The van der Waals surface area contributed by atoms with Crippen LogP contribution >= 0.6 is 11.6 Å². The molecule has 0 bridgehead atoms. The van der Waals surface area contributed by atoms with E-state index in [1.807, 2.05) is 0 Å². The van der Waals surface area contributed by atoms with Crippen LogP contribution in [0.2, 0.25) is 5.02 Å². The number of benzene rings is 1. The van der Waals surface area contributed by atoms with Crippen molar-refractivity contribution in [2.24, 2.45) is 5.73 Å². The Labute approximate surface area is 97.4 Å². The molecule has 88 valence electrons. The largest absolute Gasteiger partial charge is 0.330 e. The van der Waals surface area contributed by atoms with Gasteiger partial charge in [0.2, 0.25) is 0 Å². The monoisotopic (exact) mass is 245 g/mol. The van der Waals surface area contributed by atoms with Crippen LogP contribution < -0.4 is 27.7 Å². The lowest BCUT2D eigenvalue weighted by Crippen LogP contribution is -2.43. The Balaban J connectivity index is 2.32. The lowest BCUT2D eigenvalue weighted by atomic mass is 9.96. The molecule has 1 aromatic rings. The Kier molecular flexibility index (Phi) is 3.70. The summed E-state index contributed by atoms with van der Waals surface area (Å²) in [6.07, 6.45) is -0.223. The molecule has 0 amide bonds. The zero-order valence-corrected chi connectivity index (χ0v) is 9.18. The quantitative estimate of drug-likeness (QED) is 0.517. The summed E-state index contributed by atoms with van der Waals surface area (Å²) in [5.41, 5.74) is 17.2. The van der Waals surface area contributed by atoms with E-state index in [0.29, 0.717) is 10.6 Å². The molecule has 1 aliphatic rings. The number of halogens is 2. The van der Waals surface area contributed by atoms with Crippen molar-refractivity contribution >= 4 is 11.6 Å². The van der Waals surface area contributed by atoms with Gasteiger partial charge < -0.3 is 5.73 Å². The fourth-order valence-corrected chi connectivity index (χ4v) is 2.05. The fourth-order valence-electron chi connectivity index (χ4n) is 1.75. The Morgan fingerprint density at radius 2 is 2.06 bits per heavy atom. The highest BCUT2D eigenvalue weighted by molar-refractivity contribution is 6.31. The van der Waals surface area contributed by atoms with Crippen molar-refractivity contribution in [3.63, 3.8) is 0 Å². The summed E-state index contributed by atoms with van der Waals surface area (Å²) in [7, 11) is 0. The number of rotatable bonds is 3. The number of hydrogen-bond donors (Lipinski definition) is 5. The van der Waals surface area contributed by atoms with E-state index in [0.717, 1.165) is 0 Å². The normalized spacial score (nSPS) is 18.9. The molecule has 5 nitrogen and oxygen atoms in total. The van der Waals surface area contributed by atoms with Gasteiger partial charge in [-0.3, -0.25) is 0 Å². The smallest absolute Gasteiger partial charge is 0.128 e. The average molecular weight is 246 g/mol. The molecule has 0 spiro atoms. The first kappa shape index (κ1) is 11.7. The first-order chi connectivity index (χ1) is 7.74. The standard InChI is InChI=1S/C9H13ClFN5/c10-6-2-1-3-7(11)8(6)5(4-12)9-13-15-16-14-9/h1-3,5,9,13-16H,4,12H2. The SMILES string of the molecule is NCC(c1c(F)cccc1Cl)C1NNNN1. The predicted octanol–water partition coefficient (Wildman–Crippen LogP) is -0.0355. The Bertz CT molecular complexity index is 349. The number of nitrogens with two attached hydrogens (primary N) is 1. The van der Waals surface area contributed by atoms with Crippen molar-refractivity contribution in [2.45, 2.75) is 12.1 Å². The summed E-state index contributed by atoms with van der Waals surface area (Å²) in [5, 5.41) is 0.381. The first-order valence-corrected chi connectivity index (χ1v) is 5.27. The Hall–Kier alpha value is -0.760. The van der Waals surface area contributed by atoms with Gasteiger partial charge in [0, 0.05) is 23.0 Å². The molecule has 1 unspecified atom stereocenters. The van der Waals surface area contributed by atoms with Crippen LogP contribution in [0.4, 0.5) is 4.39 Å². The van der Waals surface area contributed by atoms with Gasteiger partial charge in [0.25, 0.3) is 0 Å². The highest BCUT2D eigenvalue weighted by Gasteiger charge is 2.28. The summed E-state index contributed by atoms with van der Waals surface area (Å²) in [6, 6.07) is 4.60. The van der Waals surface area contributed by atoms with Crippen LogP contribution in [0.5, 0.6) is 0 Å². The van der Waals surface area contributed by atoms with Gasteiger partial charge in [-0.05, 0) is 12.1 Å². The second-order valence-electron chi connectivity index (χ2n) is 3.49. The van der Waals surface area contributed by atoms with E-state index < -0.39 is 0 Å². The molecule has 1 fully saturated rings. The van der Waals surface area contributed by atoms with Crippen LogP contribution in [0.15, 0.2) is 18.2 Å². The van der Waals surface area contributed by atoms with Crippen molar-refractivity contribution in [3.05, 3.63) is 34.6 Å². The van der Waals surface area contributed by atoms with Crippen molar-refractivity contribution in [1.29, 1.82) is 0 Å². The van der Waals surface area contributed by atoms with E-state index in [-0.39, 0.29) is 24.4 Å². The summed E-state index contributed by atoms with van der Waals surface area (Å²) in [4.78, 5) is 0. The third kappa shape index (κ3) is 2.17. The van der Waals surface area contributed by atoms with Crippen LogP contribution in [-0.2, 0) is 0 Å². The molecule has 0 aliphatic carbocycles. The van der Waals surface area contributed by atoms with Gasteiger partial charge in [-0.1, -0.05) is 17.7 Å². The summed E-state index contributed by atoms with van der Waals surface area (Å²) in [6.45, 7) is 0.273. The number of hydrogen-bond acceptors (Lipinski definition) is 5. The minimum absolute atomic E-state index is 0.223. The van der Waals surface area contributed by atoms with E-state index in [4.69, 9.17) is 17.3 Å². The lowest BCUT2D eigenvalue weighted by Gasteiger charge is -2.22. The molecule has 1 atom stereocenters. The second kappa shape index (κ2) is 5.05. The molecule has 0 radical (unpaired) electrons. The maximum atomic E-state index is 13.7. The van der Waals surface area contributed by atoms with Gasteiger partial charge in [-0.25, -0.2) is 15.2 Å². The zero-order valence-electron chi connectivity index (χ0n) is 8.43. The Morgan fingerprint density at radius 3 is 2.62 bits per heavy atom. The van der Waals surface area contributed by atoms with E-state index in [1.54, 1.807) is 12.1 Å². The van der Waals surface area contributed by atoms with Gasteiger partial charge in [0.15, 0.2) is 0 Å². The van der Waals surface area contributed by atoms with E-state index in [2.05, 4.69) is 21.9 Å². The van der Waals surface area contributed by atoms with Crippen LogP contribution in [0.1, 0.15) is 11.5 Å². The highest BCUT2D eigenvalue weighted by Crippen LogP contribution is 2.28. The minimum Gasteiger partial charge on any atom is -0.330 e. The van der Waals surface area contributed by atoms with Gasteiger partial charge in [-0.2, -0.15) is 11.1 Å². The van der Waals surface area contributed by atoms with Crippen molar-refractivity contribution < 1.29 is 4.39 Å². The van der Waals surface area contributed by atoms with E-state index in [9.17, 15) is 4.39 Å². The van der Waals surface area contributed by atoms with Crippen LogP contribution in [0.3, 0.4) is 0 Å². The third-order valence-electron chi connectivity index (χ3n) is 2.54. The zero-order chi connectivity index (χ0) is 11.5. The third-order valence-corrected chi connectivity index (χ3v) is 2.87. The summed E-state index contributed by atoms with van der Waals surface area (Å²) in [5.74, 6) is -0.616. The van der Waals surface area contributed by atoms with Gasteiger partial charge in [0.1, 0.15) is 5.82 Å². The average Bonchev–Trinajstić information content (AvgIpc) is 2.77. The van der Waals surface area contributed by atoms with Crippen molar-refractivity contribution in [3.8, 4) is 0 Å². The van der Waals surface area contributed by atoms with Gasteiger partial charge in [0.05, 0.1) is 6.17 Å². The predicted molar refractivity (Wildman–Crippen MR) is 59.5 cm³/mol. The van der Waals surface area contributed by atoms with E-state index in [1.165, 1.54) is 6.07 Å². The van der Waals surface area contributed by atoms with Crippen LogP contribution in [0, 0.1) is 5.82 Å². The molecule has 1 aromatic carbocycles. The molecular formula is C9H13ClFN5. The first-order valence-electron chi connectivity index (χ1n) is 4.89. The molecule has 1 heterocycles. The highest BCUT2D eigenvalue weighted by atomic mass is 35.5. The Morgan fingerprint density at radius 1 is 1.38 bits per heavy atom. The molecule has 6 N–H and O–H groups in total. The van der Waals surface area contributed by atoms with Gasteiger partial charge in [-0.15, -0.1) is 0 Å². The molecule has 7 heteroatoms. The van der Waals surface area contributed by atoms with Crippen molar-refractivity contribution in [2.75, 3.05) is 6.54 Å². The summed E-state index contributed by atoms with van der Waals surface area (Å²) >= 11 is 5.99. The molecule has 16 heavy (non-hydrogen) atoms. The number of hydrazine groups is 3. The second-order valence-corrected chi connectivity index (χ2v) is 3.90. The van der Waals surface area contributed by atoms with Gasteiger partial charge >= 0.3 is 0 Å². The maximum absolute atomic E-state index is 13.7. The lowest BCUT2D eigenvalue weighted by molar-refractivity contribution is 0.423. The van der Waals surface area contributed by atoms with Crippen LogP contribution in [0.25, 0.3) is 0 Å². The molecule has 1 saturated heterocycles. The van der Waals surface area contributed by atoms with Crippen LogP contribution in [-0.4, -0.2) is 12.7 Å². The molecule has 1 aliphatic heterocycles. The fraction of sp³-hybridized carbons (Fsp3) is 0.333. The maximum Gasteiger partial charge on any atom is 0.128 e. The minimum atomic E-state index is -0.349. The topological polar surface area (TPSA) is 74.1 Å². The molecule has 0 aromatic heterocycles. The van der Waals surface area contributed by atoms with Crippen molar-refractivity contribution in [1.82, 2.24) is 21.9 Å². The molecular weight excluding hydrogens is 233 g/mol. The number of nitrogens with one attached hydrogen (secondary N) is 4. The van der Waals surface area contributed by atoms with E-state index >= 15 is 0 Å². The summed E-state index contributed by atoms with van der Waals surface area (Å²) < 4.78 is 13.7. The molecule has 0 saturated carbocycles. The molecule has 2 rings (SSSR count).